The van der Waals surface area contributed by atoms with Gasteiger partial charge >= 0.3 is 5.97 Å². The topological polar surface area (TPSA) is 84.2 Å². The zero-order chi connectivity index (χ0) is 14.1. The van der Waals surface area contributed by atoms with E-state index in [-0.39, 0.29) is 18.9 Å². The molecule has 6 heteroatoms. The lowest BCUT2D eigenvalue weighted by Crippen LogP contribution is -2.30. The Kier molecular flexibility index (Phi) is 3.14. The van der Waals surface area contributed by atoms with Crippen LogP contribution in [-0.4, -0.2) is 33.1 Å². The van der Waals surface area contributed by atoms with E-state index < -0.39 is 5.97 Å². The molecular weight excluding hydrogens is 258 g/mol. The zero-order valence-corrected chi connectivity index (χ0v) is 10.9. The fraction of sp³-hybridized carbons (Fsp3) is 0.357. The molecule has 0 aliphatic heterocycles. The lowest BCUT2D eigenvalue weighted by molar-refractivity contribution is -0.137. The fourth-order valence-corrected chi connectivity index (χ4v) is 2.25. The van der Waals surface area contributed by atoms with Crippen LogP contribution < -0.4 is 5.32 Å². The van der Waals surface area contributed by atoms with Crippen molar-refractivity contribution in [2.75, 3.05) is 6.54 Å². The van der Waals surface area contributed by atoms with Crippen LogP contribution in [-0.2, 0) is 16.0 Å². The molecule has 2 N–H and O–H groups in total. The number of nitrogens with one attached hydrogen (secondary N) is 1. The SMILES string of the molecule is O=C(O)CNC(=O)Cc1ccc2c(c1)ncn2C1CC1. The molecule has 3 rings (SSSR count). The highest BCUT2D eigenvalue weighted by Gasteiger charge is 2.24. The van der Waals surface area contributed by atoms with Crippen LogP contribution in [0.15, 0.2) is 24.5 Å². The second-order valence-corrected chi connectivity index (χ2v) is 5.05. The molecular formula is C14H15N3O3. The number of hydrogen-bond acceptors (Lipinski definition) is 3. The van der Waals surface area contributed by atoms with Gasteiger partial charge in [-0.25, -0.2) is 4.98 Å². The summed E-state index contributed by atoms with van der Waals surface area (Å²) in [5, 5.41) is 10.9. The maximum atomic E-state index is 11.6. The van der Waals surface area contributed by atoms with Crippen molar-refractivity contribution in [1.29, 1.82) is 0 Å². The van der Waals surface area contributed by atoms with Gasteiger partial charge in [0.05, 0.1) is 23.8 Å². The molecule has 1 saturated carbocycles. The summed E-state index contributed by atoms with van der Waals surface area (Å²) in [6.45, 7) is -0.350. The fourth-order valence-electron chi connectivity index (χ4n) is 2.25. The van der Waals surface area contributed by atoms with E-state index in [9.17, 15) is 9.59 Å². The number of carbonyl (C=O) groups is 2. The summed E-state index contributed by atoms with van der Waals surface area (Å²) in [5.41, 5.74) is 2.80. The number of carbonyl (C=O) groups excluding carboxylic acids is 1. The Bertz CT molecular complexity index is 673. The molecule has 6 nitrogen and oxygen atoms in total. The van der Waals surface area contributed by atoms with Gasteiger partial charge in [-0.3, -0.25) is 9.59 Å². The van der Waals surface area contributed by atoms with Crippen LogP contribution in [0.5, 0.6) is 0 Å². The van der Waals surface area contributed by atoms with E-state index in [1.54, 1.807) is 0 Å². The van der Waals surface area contributed by atoms with Crippen molar-refractivity contribution in [2.45, 2.75) is 25.3 Å². The van der Waals surface area contributed by atoms with E-state index in [2.05, 4.69) is 14.9 Å². The number of aliphatic carboxylic acids is 1. The minimum atomic E-state index is -1.04. The molecule has 0 atom stereocenters. The Labute approximate surface area is 115 Å². The number of nitrogens with zero attached hydrogens (tertiary/aromatic N) is 2. The van der Waals surface area contributed by atoms with Gasteiger partial charge in [-0.1, -0.05) is 6.07 Å². The van der Waals surface area contributed by atoms with E-state index in [4.69, 9.17) is 5.11 Å². The lowest BCUT2D eigenvalue weighted by Gasteiger charge is -2.04. The van der Waals surface area contributed by atoms with E-state index in [0.29, 0.717) is 6.04 Å². The third-order valence-corrected chi connectivity index (χ3v) is 3.38. The van der Waals surface area contributed by atoms with Crippen LogP contribution in [0.3, 0.4) is 0 Å². The summed E-state index contributed by atoms with van der Waals surface area (Å²) in [6.07, 6.45) is 4.41. The van der Waals surface area contributed by atoms with Crippen LogP contribution in [0.2, 0.25) is 0 Å². The van der Waals surface area contributed by atoms with Gasteiger partial charge < -0.3 is 15.0 Å². The lowest BCUT2D eigenvalue weighted by atomic mass is 10.1. The molecule has 0 saturated heterocycles. The predicted molar refractivity (Wildman–Crippen MR) is 72.4 cm³/mol. The monoisotopic (exact) mass is 273 g/mol. The van der Waals surface area contributed by atoms with Gasteiger partial charge in [-0.2, -0.15) is 0 Å². The number of rotatable bonds is 5. The predicted octanol–water partition coefficient (Wildman–Crippen LogP) is 1.11. The maximum Gasteiger partial charge on any atom is 0.322 e. The first kappa shape index (κ1) is 12.7. The zero-order valence-electron chi connectivity index (χ0n) is 10.9. The second-order valence-electron chi connectivity index (χ2n) is 5.05. The van der Waals surface area contributed by atoms with Gasteiger partial charge in [-0.15, -0.1) is 0 Å². The Morgan fingerprint density at radius 1 is 1.40 bits per heavy atom. The highest BCUT2D eigenvalue weighted by Crippen LogP contribution is 2.37. The quantitative estimate of drug-likeness (QED) is 0.854. The van der Waals surface area contributed by atoms with Gasteiger partial charge in [-0.05, 0) is 30.5 Å². The van der Waals surface area contributed by atoms with Crippen molar-refractivity contribution in [3.63, 3.8) is 0 Å². The molecule has 1 amide bonds. The smallest absolute Gasteiger partial charge is 0.322 e. The van der Waals surface area contributed by atoms with Gasteiger partial charge in [0.15, 0.2) is 0 Å². The van der Waals surface area contributed by atoms with Gasteiger partial charge in [0.25, 0.3) is 0 Å². The molecule has 20 heavy (non-hydrogen) atoms. The Morgan fingerprint density at radius 3 is 2.90 bits per heavy atom. The largest absolute Gasteiger partial charge is 0.480 e. The molecule has 0 bridgehead atoms. The molecule has 0 radical (unpaired) electrons. The molecule has 1 aromatic carbocycles. The van der Waals surface area contributed by atoms with E-state index >= 15 is 0 Å². The first-order chi connectivity index (χ1) is 9.63. The average Bonchev–Trinajstić information content (AvgIpc) is 3.17. The summed E-state index contributed by atoms with van der Waals surface area (Å²) in [4.78, 5) is 26.3. The van der Waals surface area contributed by atoms with Crippen LogP contribution in [0.1, 0.15) is 24.4 Å². The highest BCUT2D eigenvalue weighted by atomic mass is 16.4. The summed E-state index contributed by atoms with van der Waals surface area (Å²) in [6, 6.07) is 6.32. The molecule has 0 unspecified atom stereocenters. The van der Waals surface area contributed by atoms with Crippen LogP contribution >= 0.6 is 0 Å². The third kappa shape index (κ3) is 2.64. The first-order valence-corrected chi connectivity index (χ1v) is 6.57. The number of imidazole rings is 1. The van der Waals surface area contributed by atoms with Gasteiger partial charge in [0.2, 0.25) is 5.91 Å². The summed E-state index contributed by atoms with van der Waals surface area (Å²) < 4.78 is 2.17. The molecule has 1 aromatic heterocycles. The average molecular weight is 273 g/mol. The van der Waals surface area contributed by atoms with Crippen molar-refractivity contribution in [3.05, 3.63) is 30.1 Å². The number of aromatic nitrogens is 2. The van der Waals surface area contributed by atoms with Crippen molar-refractivity contribution in [3.8, 4) is 0 Å². The van der Waals surface area contributed by atoms with Gasteiger partial charge in [0.1, 0.15) is 6.54 Å². The molecule has 2 aromatic rings. The van der Waals surface area contributed by atoms with Crippen molar-refractivity contribution >= 4 is 22.9 Å². The van der Waals surface area contributed by atoms with Crippen LogP contribution in [0.4, 0.5) is 0 Å². The van der Waals surface area contributed by atoms with Crippen molar-refractivity contribution < 1.29 is 14.7 Å². The second kappa shape index (κ2) is 4.96. The van der Waals surface area contributed by atoms with E-state index in [1.807, 2.05) is 24.5 Å². The van der Waals surface area contributed by atoms with Crippen molar-refractivity contribution in [1.82, 2.24) is 14.9 Å². The standard InChI is InChI=1S/C14H15N3O3/c18-13(15-7-14(19)20)6-9-1-4-12-11(5-9)16-8-17(12)10-2-3-10/h1,4-5,8,10H,2-3,6-7H2,(H,15,18)(H,19,20). The molecule has 0 spiro atoms. The summed E-state index contributed by atoms with van der Waals surface area (Å²) in [5.74, 6) is -1.34. The number of hydrogen-bond donors (Lipinski definition) is 2. The number of carboxylic acid groups (broad SMARTS) is 1. The first-order valence-electron chi connectivity index (χ1n) is 6.57. The molecule has 1 aliphatic rings. The minimum Gasteiger partial charge on any atom is -0.480 e. The van der Waals surface area contributed by atoms with Crippen molar-refractivity contribution in [2.24, 2.45) is 0 Å². The number of fused-ring (bicyclic) bond motifs is 1. The molecule has 104 valence electrons. The molecule has 1 fully saturated rings. The molecule has 1 heterocycles. The normalized spacial score (nSPS) is 14.4. The van der Waals surface area contributed by atoms with Crippen LogP contribution in [0, 0.1) is 0 Å². The summed E-state index contributed by atoms with van der Waals surface area (Å²) >= 11 is 0. The maximum absolute atomic E-state index is 11.6. The molecule has 1 aliphatic carbocycles. The van der Waals surface area contributed by atoms with Crippen LogP contribution in [0.25, 0.3) is 11.0 Å². The Hall–Kier alpha value is -2.37. The highest BCUT2D eigenvalue weighted by molar-refractivity contribution is 5.84. The third-order valence-electron chi connectivity index (χ3n) is 3.38. The summed E-state index contributed by atoms with van der Waals surface area (Å²) in [7, 11) is 0. The Balaban J connectivity index is 1.72. The van der Waals surface area contributed by atoms with E-state index in [0.717, 1.165) is 16.6 Å². The van der Waals surface area contributed by atoms with E-state index in [1.165, 1.54) is 12.8 Å². The number of benzene rings is 1. The number of amides is 1. The Morgan fingerprint density at radius 2 is 2.20 bits per heavy atom. The number of carboxylic acids is 1. The van der Waals surface area contributed by atoms with Gasteiger partial charge in [0, 0.05) is 6.04 Å². The minimum absolute atomic E-state index is 0.166.